The van der Waals surface area contributed by atoms with Crippen molar-refractivity contribution in [1.29, 1.82) is 0 Å². The second kappa shape index (κ2) is 5.31. The molecule has 1 aliphatic carbocycles. The zero-order valence-electron chi connectivity index (χ0n) is 9.17. The van der Waals surface area contributed by atoms with Gasteiger partial charge in [0.05, 0.1) is 5.92 Å². The standard InChI is InChI=1S/C12H20N2O/c15-12(10-5-4-8-13-9-10)14-11-6-2-1-3-7-11/h1-2,10-11,13H,3-9H2,(H,14,15)/t10-,11?/m1/s1. The molecule has 1 aliphatic heterocycles. The molecule has 0 aromatic heterocycles. The molecule has 1 fully saturated rings. The first-order valence-electron chi connectivity index (χ1n) is 6.02. The van der Waals surface area contributed by atoms with E-state index in [1.807, 2.05) is 0 Å². The molecule has 15 heavy (non-hydrogen) atoms. The smallest absolute Gasteiger partial charge is 0.224 e. The second-order valence-corrected chi connectivity index (χ2v) is 4.53. The number of piperidine rings is 1. The third kappa shape index (κ3) is 3.06. The van der Waals surface area contributed by atoms with E-state index in [4.69, 9.17) is 0 Å². The lowest BCUT2D eigenvalue weighted by atomic mass is 9.96. The van der Waals surface area contributed by atoms with Crippen LogP contribution in [0.4, 0.5) is 0 Å². The third-order valence-corrected chi connectivity index (χ3v) is 3.28. The number of rotatable bonds is 2. The van der Waals surface area contributed by atoms with Crippen LogP contribution in [0.15, 0.2) is 12.2 Å². The molecule has 0 aromatic carbocycles. The summed E-state index contributed by atoms with van der Waals surface area (Å²) in [7, 11) is 0. The lowest BCUT2D eigenvalue weighted by Gasteiger charge is -2.26. The van der Waals surface area contributed by atoms with Gasteiger partial charge in [0.2, 0.25) is 5.91 Å². The molecule has 1 amide bonds. The lowest BCUT2D eigenvalue weighted by molar-refractivity contribution is -0.126. The highest BCUT2D eigenvalue weighted by Crippen LogP contribution is 2.14. The van der Waals surface area contributed by atoms with Crippen LogP contribution >= 0.6 is 0 Å². The minimum atomic E-state index is 0.199. The fourth-order valence-electron chi connectivity index (χ4n) is 2.32. The highest BCUT2D eigenvalue weighted by molar-refractivity contribution is 5.79. The van der Waals surface area contributed by atoms with Crippen LogP contribution in [0.5, 0.6) is 0 Å². The molecular weight excluding hydrogens is 188 g/mol. The predicted octanol–water partition coefficient (Wildman–Crippen LogP) is 1.21. The van der Waals surface area contributed by atoms with Gasteiger partial charge in [-0.05, 0) is 38.6 Å². The van der Waals surface area contributed by atoms with Gasteiger partial charge >= 0.3 is 0 Å². The van der Waals surface area contributed by atoms with Crippen LogP contribution in [0.3, 0.4) is 0 Å². The van der Waals surface area contributed by atoms with Gasteiger partial charge in [0.1, 0.15) is 0 Å². The average molecular weight is 208 g/mol. The molecular formula is C12H20N2O. The van der Waals surface area contributed by atoms with E-state index in [-0.39, 0.29) is 11.8 Å². The number of hydrogen-bond donors (Lipinski definition) is 2. The Morgan fingerprint density at radius 2 is 2.27 bits per heavy atom. The highest BCUT2D eigenvalue weighted by atomic mass is 16.2. The number of nitrogens with one attached hydrogen (secondary N) is 2. The van der Waals surface area contributed by atoms with Gasteiger partial charge < -0.3 is 10.6 Å². The monoisotopic (exact) mass is 208 g/mol. The van der Waals surface area contributed by atoms with Crippen molar-refractivity contribution in [3.63, 3.8) is 0 Å². The fourth-order valence-corrected chi connectivity index (χ4v) is 2.32. The van der Waals surface area contributed by atoms with Crippen LogP contribution in [-0.2, 0) is 4.79 Å². The van der Waals surface area contributed by atoms with Crippen molar-refractivity contribution < 1.29 is 4.79 Å². The van der Waals surface area contributed by atoms with Gasteiger partial charge in [-0.15, -0.1) is 0 Å². The van der Waals surface area contributed by atoms with E-state index in [9.17, 15) is 4.79 Å². The van der Waals surface area contributed by atoms with E-state index < -0.39 is 0 Å². The number of carbonyl (C=O) groups is 1. The number of carbonyl (C=O) groups excluding carboxylic acids is 1. The van der Waals surface area contributed by atoms with E-state index in [2.05, 4.69) is 22.8 Å². The number of amides is 1. The van der Waals surface area contributed by atoms with Crippen LogP contribution in [0.1, 0.15) is 32.1 Å². The Morgan fingerprint density at radius 1 is 1.33 bits per heavy atom. The summed E-state index contributed by atoms with van der Waals surface area (Å²) in [6, 6.07) is 0.379. The van der Waals surface area contributed by atoms with Gasteiger partial charge in [-0.3, -0.25) is 4.79 Å². The Morgan fingerprint density at radius 3 is 2.93 bits per heavy atom. The topological polar surface area (TPSA) is 41.1 Å². The zero-order valence-corrected chi connectivity index (χ0v) is 9.17. The quantitative estimate of drug-likeness (QED) is 0.670. The van der Waals surface area contributed by atoms with Gasteiger partial charge in [0.15, 0.2) is 0 Å². The van der Waals surface area contributed by atoms with Gasteiger partial charge in [-0.25, -0.2) is 0 Å². The van der Waals surface area contributed by atoms with E-state index in [1.165, 1.54) is 0 Å². The lowest BCUT2D eigenvalue weighted by Crippen LogP contribution is -2.44. The normalized spacial score (nSPS) is 31.2. The maximum absolute atomic E-state index is 11.9. The van der Waals surface area contributed by atoms with Crippen molar-refractivity contribution in [3.05, 3.63) is 12.2 Å². The number of hydrogen-bond acceptors (Lipinski definition) is 2. The molecule has 0 spiro atoms. The molecule has 2 aliphatic rings. The van der Waals surface area contributed by atoms with Crippen molar-refractivity contribution in [3.8, 4) is 0 Å². The molecule has 0 saturated carbocycles. The highest BCUT2D eigenvalue weighted by Gasteiger charge is 2.22. The van der Waals surface area contributed by atoms with Gasteiger partial charge in [-0.2, -0.15) is 0 Å². The Bertz CT molecular complexity index is 244. The predicted molar refractivity (Wildman–Crippen MR) is 60.5 cm³/mol. The van der Waals surface area contributed by atoms with Crippen LogP contribution in [0.25, 0.3) is 0 Å². The van der Waals surface area contributed by atoms with E-state index >= 15 is 0 Å². The summed E-state index contributed by atoms with van der Waals surface area (Å²) >= 11 is 0. The Balaban J connectivity index is 1.77. The molecule has 2 N–H and O–H groups in total. The third-order valence-electron chi connectivity index (χ3n) is 3.28. The molecule has 1 unspecified atom stereocenters. The molecule has 0 radical (unpaired) electrons. The SMILES string of the molecule is O=C(NC1CC=CCC1)[C@@H]1CCCNC1. The zero-order chi connectivity index (χ0) is 10.5. The Kier molecular flexibility index (Phi) is 3.78. The molecule has 1 saturated heterocycles. The first kappa shape index (κ1) is 10.7. The molecule has 84 valence electrons. The second-order valence-electron chi connectivity index (χ2n) is 4.53. The molecule has 2 atom stereocenters. The molecule has 3 heteroatoms. The van der Waals surface area contributed by atoms with Crippen LogP contribution in [-0.4, -0.2) is 25.0 Å². The van der Waals surface area contributed by atoms with Crippen LogP contribution in [0, 0.1) is 5.92 Å². The summed E-state index contributed by atoms with van der Waals surface area (Å²) < 4.78 is 0. The molecule has 0 aromatic rings. The van der Waals surface area contributed by atoms with Gasteiger partial charge in [0, 0.05) is 12.6 Å². The maximum atomic E-state index is 11.9. The maximum Gasteiger partial charge on any atom is 0.224 e. The average Bonchev–Trinajstić information content (AvgIpc) is 2.31. The van der Waals surface area contributed by atoms with E-state index in [0.717, 1.165) is 45.2 Å². The summed E-state index contributed by atoms with van der Waals surface area (Å²) in [4.78, 5) is 11.9. The van der Waals surface area contributed by atoms with Crippen molar-refractivity contribution in [1.82, 2.24) is 10.6 Å². The summed E-state index contributed by atoms with van der Waals surface area (Å²) in [6.07, 6.45) is 9.75. The fraction of sp³-hybridized carbons (Fsp3) is 0.750. The first-order valence-corrected chi connectivity index (χ1v) is 6.02. The summed E-state index contributed by atoms with van der Waals surface area (Å²) in [6.45, 7) is 1.92. The van der Waals surface area contributed by atoms with Gasteiger partial charge in [0.25, 0.3) is 0 Å². The minimum Gasteiger partial charge on any atom is -0.353 e. The summed E-state index contributed by atoms with van der Waals surface area (Å²) in [5.74, 6) is 0.451. The number of allylic oxidation sites excluding steroid dienone is 1. The van der Waals surface area contributed by atoms with Crippen LogP contribution in [0.2, 0.25) is 0 Å². The molecule has 3 nitrogen and oxygen atoms in total. The van der Waals surface area contributed by atoms with Crippen LogP contribution < -0.4 is 10.6 Å². The van der Waals surface area contributed by atoms with E-state index in [0.29, 0.717) is 6.04 Å². The molecule has 1 heterocycles. The molecule has 0 bridgehead atoms. The minimum absolute atomic E-state index is 0.199. The van der Waals surface area contributed by atoms with Crippen molar-refractivity contribution in [2.45, 2.75) is 38.1 Å². The van der Waals surface area contributed by atoms with Crippen molar-refractivity contribution in [2.24, 2.45) is 5.92 Å². The van der Waals surface area contributed by atoms with Crippen molar-refractivity contribution >= 4 is 5.91 Å². The Hall–Kier alpha value is -0.830. The summed E-state index contributed by atoms with van der Waals surface area (Å²) in [5.41, 5.74) is 0. The Labute approximate surface area is 91.3 Å². The largest absolute Gasteiger partial charge is 0.353 e. The van der Waals surface area contributed by atoms with E-state index in [1.54, 1.807) is 0 Å². The first-order chi connectivity index (χ1) is 7.36. The van der Waals surface area contributed by atoms with Crippen molar-refractivity contribution in [2.75, 3.05) is 13.1 Å². The molecule has 2 rings (SSSR count). The van der Waals surface area contributed by atoms with Gasteiger partial charge in [-0.1, -0.05) is 12.2 Å². The summed E-state index contributed by atoms with van der Waals surface area (Å²) in [5, 5.41) is 6.44.